The summed E-state index contributed by atoms with van der Waals surface area (Å²) in [5.74, 6) is 0.359. The van der Waals surface area contributed by atoms with Crippen LogP contribution in [0.2, 0.25) is 0 Å². The molecule has 1 aliphatic heterocycles. The number of para-hydroxylation sites is 2. The minimum atomic E-state index is -3.38. The number of nitrogens with two attached hydrogens (primary N) is 1. The molecule has 0 radical (unpaired) electrons. The molecule has 0 amide bonds. The quantitative estimate of drug-likeness (QED) is 0.743. The van der Waals surface area contributed by atoms with Crippen molar-refractivity contribution in [3.63, 3.8) is 0 Å². The number of hydrogen-bond acceptors (Lipinski definition) is 5. The number of β-amino-alcohol motifs (C(OH)–C–C–N with tert-alkyl or cyclic N) is 1. The zero-order valence-corrected chi connectivity index (χ0v) is 12.3. The Hall–Kier alpha value is -1.31. The van der Waals surface area contributed by atoms with E-state index in [0.29, 0.717) is 17.9 Å². The van der Waals surface area contributed by atoms with E-state index in [4.69, 9.17) is 10.5 Å². The molecule has 0 atom stereocenters. The monoisotopic (exact) mass is 300 g/mol. The van der Waals surface area contributed by atoms with Crippen LogP contribution in [0.5, 0.6) is 5.75 Å². The van der Waals surface area contributed by atoms with Crippen molar-refractivity contribution in [2.24, 2.45) is 0 Å². The van der Waals surface area contributed by atoms with Crippen LogP contribution in [0.1, 0.15) is 13.3 Å². The van der Waals surface area contributed by atoms with Gasteiger partial charge in [0.1, 0.15) is 12.4 Å². The van der Waals surface area contributed by atoms with Gasteiger partial charge >= 0.3 is 0 Å². The fraction of sp³-hybridized carbons (Fsp3) is 0.538. The van der Waals surface area contributed by atoms with Crippen molar-refractivity contribution in [3.05, 3.63) is 24.3 Å². The number of rotatable bonds is 6. The van der Waals surface area contributed by atoms with Crippen LogP contribution in [0, 0.1) is 0 Å². The summed E-state index contributed by atoms with van der Waals surface area (Å²) >= 11 is 0. The van der Waals surface area contributed by atoms with E-state index in [2.05, 4.69) is 0 Å². The Morgan fingerprint density at radius 2 is 2.05 bits per heavy atom. The van der Waals surface area contributed by atoms with Gasteiger partial charge in [-0.05, 0) is 18.6 Å². The largest absolute Gasteiger partial charge is 0.490 e. The van der Waals surface area contributed by atoms with E-state index < -0.39 is 15.6 Å². The zero-order valence-electron chi connectivity index (χ0n) is 11.4. The van der Waals surface area contributed by atoms with Gasteiger partial charge in [0, 0.05) is 13.1 Å². The highest BCUT2D eigenvalue weighted by Gasteiger charge is 2.45. The second-order valence-corrected chi connectivity index (χ2v) is 7.14. The standard InChI is InChI=1S/C13H20N2O4S/c1-2-13(16)9-15(10-13)20(17,18)8-7-19-12-6-4-3-5-11(12)14/h3-6,16H,2,7-10,14H2,1H3. The molecule has 112 valence electrons. The summed E-state index contributed by atoms with van der Waals surface area (Å²) in [5, 5.41) is 9.84. The van der Waals surface area contributed by atoms with Gasteiger partial charge in [-0.2, -0.15) is 4.31 Å². The van der Waals surface area contributed by atoms with Gasteiger partial charge in [0.25, 0.3) is 0 Å². The maximum atomic E-state index is 12.0. The summed E-state index contributed by atoms with van der Waals surface area (Å²) in [6, 6.07) is 6.95. The summed E-state index contributed by atoms with van der Waals surface area (Å²) in [7, 11) is -3.38. The van der Waals surface area contributed by atoms with Gasteiger partial charge < -0.3 is 15.6 Å². The molecule has 1 fully saturated rings. The third-order valence-corrected chi connectivity index (χ3v) is 5.24. The van der Waals surface area contributed by atoms with Gasteiger partial charge in [0.05, 0.1) is 17.0 Å². The molecule has 1 aromatic rings. The fourth-order valence-corrected chi connectivity index (χ4v) is 3.45. The molecule has 7 heteroatoms. The fourth-order valence-electron chi connectivity index (χ4n) is 2.03. The van der Waals surface area contributed by atoms with E-state index in [0.717, 1.165) is 0 Å². The van der Waals surface area contributed by atoms with Crippen LogP contribution in [0.4, 0.5) is 5.69 Å². The highest BCUT2D eigenvalue weighted by Crippen LogP contribution is 2.27. The Balaban J connectivity index is 1.84. The van der Waals surface area contributed by atoms with Crippen molar-refractivity contribution in [1.82, 2.24) is 4.31 Å². The summed E-state index contributed by atoms with van der Waals surface area (Å²) in [4.78, 5) is 0. The molecule has 1 saturated heterocycles. The first-order valence-corrected chi connectivity index (χ1v) is 8.15. The summed E-state index contributed by atoms with van der Waals surface area (Å²) in [5.41, 5.74) is 5.32. The van der Waals surface area contributed by atoms with Crippen LogP contribution in [-0.4, -0.2) is 48.9 Å². The average molecular weight is 300 g/mol. The molecule has 3 N–H and O–H groups in total. The number of ether oxygens (including phenoxy) is 1. The molecule has 0 spiro atoms. The third kappa shape index (κ3) is 3.23. The molecule has 20 heavy (non-hydrogen) atoms. The molecule has 0 aliphatic carbocycles. The van der Waals surface area contributed by atoms with E-state index in [1.807, 2.05) is 6.92 Å². The SMILES string of the molecule is CCC1(O)CN(S(=O)(=O)CCOc2ccccc2N)C1. The molecule has 0 bridgehead atoms. The van der Waals surface area contributed by atoms with Crippen LogP contribution in [0.25, 0.3) is 0 Å². The number of aliphatic hydroxyl groups is 1. The highest BCUT2D eigenvalue weighted by molar-refractivity contribution is 7.89. The maximum absolute atomic E-state index is 12.0. The molecule has 1 aromatic carbocycles. The smallest absolute Gasteiger partial charge is 0.217 e. The van der Waals surface area contributed by atoms with E-state index >= 15 is 0 Å². The van der Waals surface area contributed by atoms with Crippen molar-refractivity contribution >= 4 is 15.7 Å². The molecule has 2 rings (SSSR count). The van der Waals surface area contributed by atoms with E-state index in [-0.39, 0.29) is 25.4 Å². The average Bonchev–Trinajstić information content (AvgIpc) is 2.37. The molecule has 6 nitrogen and oxygen atoms in total. The summed E-state index contributed by atoms with van der Waals surface area (Å²) in [6.45, 7) is 2.21. The number of anilines is 1. The van der Waals surface area contributed by atoms with Crippen LogP contribution >= 0.6 is 0 Å². The molecule has 0 saturated carbocycles. The number of nitrogens with zero attached hydrogens (tertiary/aromatic N) is 1. The molecule has 1 heterocycles. The Morgan fingerprint density at radius 3 is 2.65 bits per heavy atom. The van der Waals surface area contributed by atoms with Gasteiger partial charge in [-0.25, -0.2) is 8.42 Å². The lowest BCUT2D eigenvalue weighted by atomic mass is 9.94. The number of sulfonamides is 1. The molecular weight excluding hydrogens is 280 g/mol. The summed E-state index contributed by atoms with van der Waals surface area (Å²) in [6.07, 6.45) is 0.552. The second-order valence-electron chi connectivity index (χ2n) is 5.05. The first-order valence-electron chi connectivity index (χ1n) is 6.54. The highest BCUT2D eigenvalue weighted by atomic mass is 32.2. The lowest BCUT2D eigenvalue weighted by Crippen LogP contribution is -2.63. The molecular formula is C13H20N2O4S. The van der Waals surface area contributed by atoms with Crippen molar-refractivity contribution in [1.29, 1.82) is 0 Å². The van der Waals surface area contributed by atoms with E-state index in [9.17, 15) is 13.5 Å². The predicted octanol–water partition coefficient (Wildman–Crippen LogP) is 0.434. The molecule has 0 unspecified atom stereocenters. The van der Waals surface area contributed by atoms with Gasteiger partial charge in [0.2, 0.25) is 10.0 Å². The lowest BCUT2D eigenvalue weighted by Gasteiger charge is -2.44. The number of benzene rings is 1. The van der Waals surface area contributed by atoms with Crippen molar-refractivity contribution in [2.45, 2.75) is 18.9 Å². The number of hydrogen-bond donors (Lipinski definition) is 2. The Bertz CT molecular complexity index is 567. The summed E-state index contributed by atoms with van der Waals surface area (Å²) < 4.78 is 30.7. The Labute approximate surface area is 119 Å². The first kappa shape index (κ1) is 15.1. The predicted molar refractivity (Wildman–Crippen MR) is 77.0 cm³/mol. The maximum Gasteiger partial charge on any atom is 0.217 e. The van der Waals surface area contributed by atoms with Gasteiger partial charge in [0.15, 0.2) is 0 Å². The van der Waals surface area contributed by atoms with E-state index in [1.54, 1.807) is 24.3 Å². The first-order chi connectivity index (χ1) is 9.36. The molecule has 0 aromatic heterocycles. The van der Waals surface area contributed by atoms with Crippen molar-refractivity contribution in [3.8, 4) is 5.75 Å². The Kier molecular flexibility index (Phi) is 4.22. The van der Waals surface area contributed by atoms with Gasteiger partial charge in [-0.3, -0.25) is 0 Å². The van der Waals surface area contributed by atoms with Gasteiger partial charge in [-0.15, -0.1) is 0 Å². The Morgan fingerprint density at radius 1 is 1.40 bits per heavy atom. The van der Waals surface area contributed by atoms with Crippen molar-refractivity contribution < 1.29 is 18.3 Å². The van der Waals surface area contributed by atoms with Gasteiger partial charge in [-0.1, -0.05) is 19.1 Å². The minimum absolute atomic E-state index is 0.0393. The van der Waals surface area contributed by atoms with Crippen LogP contribution < -0.4 is 10.5 Å². The third-order valence-electron chi connectivity index (χ3n) is 3.51. The minimum Gasteiger partial charge on any atom is -0.490 e. The zero-order chi connectivity index (χ0) is 14.8. The number of nitrogen functional groups attached to an aromatic ring is 1. The topological polar surface area (TPSA) is 92.9 Å². The van der Waals surface area contributed by atoms with Crippen molar-refractivity contribution in [2.75, 3.05) is 31.2 Å². The normalized spacial score (nSPS) is 18.5. The van der Waals surface area contributed by atoms with Crippen LogP contribution in [-0.2, 0) is 10.0 Å². The molecule has 1 aliphatic rings. The van der Waals surface area contributed by atoms with Crippen LogP contribution in [0.3, 0.4) is 0 Å². The van der Waals surface area contributed by atoms with E-state index in [1.165, 1.54) is 4.31 Å². The second kappa shape index (κ2) is 5.59. The lowest BCUT2D eigenvalue weighted by molar-refractivity contribution is -0.0614. The van der Waals surface area contributed by atoms with Crippen LogP contribution in [0.15, 0.2) is 24.3 Å².